The van der Waals surface area contributed by atoms with Gasteiger partial charge in [0.15, 0.2) is 6.04 Å². The van der Waals surface area contributed by atoms with Gasteiger partial charge in [-0.25, -0.2) is 8.78 Å². The number of carbonyl (C=O) groups excluding carboxylic acids is 3. The van der Waals surface area contributed by atoms with E-state index in [1.165, 1.54) is 24.1 Å². The maximum Gasteiger partial charge on any atom is 0.265 e. The van der Waals surface area contributed by atoms with E-state index in [0.29, 0.717) is 6.61 Å². The van der Waals surface area contributed by atoms with Crippen LogP contribution in [0.15, 0.2) is 18.2 Å². The van der Waals surface area contributed by atoms with Gasteiger partial charge in [-0.15, -0.1) is 0 Å². The van der Waals surface area contributed by atoms with Gasteiger partial charge >= 0.3 is 0 Å². The molecule has 136 valence electrons. The fraction of sp³-hybridized carbons (Fsp3) is 0.400. The van der Waals surface area contributed by atoms with Crippen molar-refractivity contribution >= 4 is 29.1 Å². The van der Waals surface area contributed by atoms with E-state index in [4.69, 9.17) is 10.5 Å². The lowest BCUT2D eigenvalue weighted by Crippen LogP contribution is -2.48. The maximum atomic E-state index is 13.4. The summed E-state index contributed by atoms with van der Waals surface area (Å²) in [6, 6.07) is 2.46. The largest absolute Gasteiger partial charge is 0.370 e. The predicted molar refractivity (Wildman–Crippen MR) is 85.2 cm³/mol. The van der Waals surface area contributed by atoms with Gasteiger partial charge in [0, 0.05) is 23.5 Å². The zero-order valence-electron chi connectivity index (χ0n) is 13.4. The molecule has 1 atom stereocenters. The number of alkyl halides is 2. The predicted octanol–water partition coefficient (Wildman–Crippen LogP) is -0.000800. The first-order chi connectivity index (χ1) is 11.8. The Morgan fingerprint density at radius 2 is 2.08 bits per heavy atom. The number of primary amides is 1. The standard InChI is InChI=1S/C15H18F2N4O4/c1-19-12(14(18)23)15(24)20-10-3-2-8(6-9(10)13(16)17)21-4-5-25-7-11(21)22/h2-3,6,12-13,19H,4-5,7H2,1H3,(H2,18,23)(H,20,24)/t12-/m1/s1. The Hall–Kier alpha value is -2.59. The first-order valence-corrected chi connectivity index (χ1v) is 7.42. The van der Waals surface area contributed by atoms with Gasteiger partial charge in [0.2, 0.25) is 5.91 Å². The van der Waals surface area contributed by atoms with Crippen LogP contribution in [0.2, 0.25) is 0 Å². The number of anilines is 2. The average molecular weight is 356 g/mol. The number of nitrogens with zero attached hydrogens (tertiary/aromatic N) is 1. The van der Waals surface area contributed by atoms with Crippen molar-refractivity contribution in [2.45, 2.75) is 12.5 Å². The number of nitrogens with one attached hydrogen (secondary N) is 2. The van der Waals surface area contributed by atoms with Crippen molar-refractivity contribution in [3.8, 4) is 0 Å². The summed E-state index contributed by atoms with van der Waals surface area (Å²) >= 11 is 0. The minimum atomic E-state index is -2.90. The van der Waals surface area contributed by atoms with Crippen LogP contribution in [0.25, 0.3) is 0 Å². The van der Waals surface area contributed by atoms with Gasteiger partial charge < -0.3 is 26.0 Å². The summed E-state index contributed by atoms with van der Waals surface area (Å²) in [5.41, 5.74) is 4.72. The summed E-state index contributed by atoms with van der Waals surface area (Å²) in [7, 11) is 1.34. The fourth-order valence-electron chi connectivity index (χ4n) is 2.41. The monoisotopic (exact) mass is 356 g/mol. The van der Waals surface area contributed by atoms with Crippen LogP contribution in [0.4, 0.5) is 20.2 Å². The third kappa shape index (κ3) is 4.28. The van der Waals surface area contributed by atoms with E-state index in [2.05, 4.69) is 10.6 Å². The molecule has 0 saturated carbocycles. The third-order valence-electron chi connectivity index (χ3n) is 3.66. The maximum absolute atomic E-state index is 13.4. The van der Waals surface area contributed by atoms with Crippen molar-refractivity contribution in [3.05, 3.63) is 23.8 Å². The third-order valence-corrected chi connectivity index (χ3v) is 3.66. The van der Waals surface area contributed by atoms with Crippen LogP contribution in [0.1, 0.15) is 12.0 Å². The lowest BCUT2D eigenvalue weighted by molar-refractivity contribution is -0.128. The molecule has 10 heteroatoms. The van der Waals surface area contributed by atoms with E-state index in [9.17, 15) is 23.2 Å². The molecule has 0 aromatic heterocycles. The number of amides is 3. The van der Waals surface area contributed by atoms with E-state index in [-0.39, 0.29) is 30.4 Å². The van der Waals surface area contributed by atoms with E-state index >= 15 is 0 Å². The number of hydrogen-bond donors (Lipinski definition) is 3. The van der Waals surface area contributed by atoms with Gasteiger partial charge in [-0.1, -0.05) is 0 Å². The number of morpholine rings is 1. The molecule has 3 amide bonds. The Labute approximate surface area is 142 Å². The number of carbonyl (C=O) groups is 3. The molecule has 1 aliphatic heterocycles. The quantitative estimate of drug-likeness (QED) is 0.621. The van der Waals surface area contributed by atoms with Crippen molar-refractivity contribution in [2.75, 3.05) is 37.0 Å². The molecule has 25 heavy (non-hydrogen) atoms. The molecular weight excluding hydrogens is 338 g/mol. The molecule has 0 aliphatic carbocycles. The van der Waals surface area contributed by atoms with Gasteiger partial charge in [0.1, 0.15) is 6.61 Å². The van der Waals surface area contributed by atoms with Crippen molar-refractivity contribution in [1.29, 1.82) is 0 Å². The van der Waals surface area contributed by atoms with Crippen LogP contribution in [-0.2, 0) is 19.1 Å². The summed E-state index contributed by atoms with van der Waals surface area (Å²) < 4.78 is 31.8. The highest BCUT2D eigenvalue weighted by Crippen LogP contribution is 2.31. The van der Waals surface area contributed by atoms with Crippen LogP contribution < -0.4 is 21.3 Å². The smallest absolute Gasteiger partial charge is 0.265 e. The van der Waals surface area contributed by atoms with Crippen LogP contribution in [-0.4, -0.2) is 50.6 Å². The molecule has 1 saturated heterocycles. The molecule has 0 spiro atoms. The number of nitrogens with two attached hydrogens (primary N) is 1. The highest BCUT2D eigenvalue weighted by molar-refractivity contribution is 6.10. The summed E-state index contributed by atoms with van der Waals surface area (Å²) in [6.07, 6.45) is -2.90. The zero-order chi connectivity index (χ0) is 18.6. The Morgan fingerprint density at radius 1 is 1.36 bits per heavy atom. The Morgan fingerprint density at radius 3 is 2.64 bits per heavy atom. The first-order valence-electron chi connectivity index (χ1n) is 7.42. The highest BCUT2D eigenvalue weighted by Gasteiger charge is 2.26. The normalized spacial score (nSPS) is 16.0. The number of rotatable bonds is 6. The second kappa shape index (κ2) is 7.99. The van der Waals surface area contributed by atoms with Crippen molar-refractivity contribution < 1.29 is 27.9 Å². The molecule has 1 fully saturated rings. The summed E-state index contributed by atoms with van der Waals surface area (Å²) in [5, 5.41) is 4.65. The second-order valence-corrected chi connectivity index (χ2v) is 5.28. The van der Waals surface area contributed by atoms with Crippen LogP contribution in [0.5, 0.6) is 0 Å². The van der Waals surface area contributed by atoms with Gasteiger partial charge in [0.25, 0.3) is 18.2 Å². The molecular formula is C15H18F2N4O4. The van der Waals surface area contributed by atoms with Crippen LogP contribution in [0.3, 0.4) is 0 Å². The van der Waals surface area contributed by atoms with E-state index in [1.807, 2.05) is 0 Å². The molecule has 0 bridgehead atoms. The lowest BCUT2D eigenvalue weighted by Gasteiger charge is -2.27. The highest BCUT2D eigenvalue weighted by atomic mass is 19.3. The number of benzene rings is 1. The number of likely N-dealkylation sites (N-methyl/N-ethyl adjacent to an activating group) is 1. The van der Waals surface area contributed by atoms with Gasteiger partial charge in [-0.05, 0) is 25.2 Å². The second-order valence-electron chi connectivity index (χ2n) is 5.28. The Bertz CT molecular complexity index is 683. The molecule has 0 unspecified atom stereocenters. The minimum Gasteiger partial charge on any atom is -0.370 e. The lowest BCUT2D eigenvalue weighted by atomic mass is 10.1. The molecule has 1 aliphatic rings. The van der Waals surface area contributed by atoms with Crippen molar-refractivity contribution in [2.24, 2.45) is 5.73 Å². The fourth-order valence-corrected chi connectivity index (χ4v) is 2.41. The van der Waals surface area contributed by atoms with Gasteiger partial charge in [-0.2, -0.15) is 0 Å². The van der Waals surface area contributed by atoms with Gasteiger partial charge in [0.05, 0.1) is 6.61 Å². The number of ether oxygens (including phenoxy) is 1. The van der Waals surface area contributed by atoms with Crippen LogP contribution in [0, 0.1) is 0 Å². The molecule has 2 rings (SSSR count). The molecule has 1 aromatic rings. The van der Waals surface area contributed by atoms with Gasteiger partial charge in [-0.3, -0.25) is 14.4 Å². The summed E-state index contributed by atoms with van der Waals surface area (Å²) in [5.74, 6) is -2.13. The van der Waals surface area contributed by atoms with Crippen LogP contribution >= 0.6 is 0 Å². The average Bonchev–Trinajstić information content (AvgIpc) is 2.56. The molecule has 1 aromatic carbocycles. The Balaban J connectivity index is 2.28. The first kappa shape index (κ1) is 18.7. The molecule has 8 nitrogen and oxygen atoms in total. The van der Waals surface area contributed by atoms with Crippen molar-refractivity contribution in [1.82, 2.24) is 5.32 Å². The SMILES string of the molecule is CN[C@H](C(N)=O)C(=O)Nc1ccc(N2CCOCC2=O)cc1C(F)F. The number of halogens is 2. The van der Waals surface area contributed by atoms with E-state index < -0.39 is 29.8 Å². The van der Waals surface area contributed by atoms with E-state index in [1.54, 1.807) is 0 Å². The molecule has 0 radical (unpaired) electrons. The molecule has 1 heterocycles. The Kier molecular flexibility index (Phi) is 5.99. The topological polar surface area (TPSA) is 114 Å². The molecule has 4 N–H and O–H groups in total. The zero-order valence-corrected chi connectivity index (χ0v) is 13.4. The van der Waals surface area contributed by atoms with E-state index in [0.717, 1.165) is 6.07 Å². The number of hydrogen-bond acceptors (Lipinski definition) is 5. The summed E-state index contributed by atoms with van der Waals surface area (Å²) in [4.78, 5) is 36.3. The minimum absolute atomic E-state index is 0.120. The summed E-state index contributed by atoms with van der Waals surface area (Å²) in [6.45, 7) is 0.429. The van der Waals surface area contributed by atoms with Crippen molar-refractivity contribution in [3.63, 3.8) is 0 Å².